The molecule has 4 heteroatoms. The first-order chi connectivity index (χ1) is 5.93. The zero-order chi connectivity index (χ0) is 8.65. The summed E-state index contributed by atoms with van der Waals surface area (Å²) in [6, 6.07) is 0. The van der Waals surface area contributed by atoms with Gasteiger partial charge in [0.1, 0.15) is 6.33 Å². The van der Waals surface area contributed by atoms with E-state index in [1.54, 1.807) is 18.1 Å². The smallest absolute Gasteiger partial charge is 0.208 e. The Labute approximate surface area is 77.4 Å². The van der Waals surface area contributed by atoms with E-state index in [0.717, 1.165) is 10.9 Å². The number of aromatic amines is 1. The molecule has 12 heavy (non-hydrogen) atoms. The summed E-state index contributed by atoms with van der Waals surface area (Å²) in [5.41, 5.74) is 0. The Morgan fingerprint density at radius 1 is 1.42 bits per heavy atom. The van der Waals surface area contributed by atoms with Gasteiger partial charge in [-0.3, -0.25) is 5.10 Å². The number of nitrogens with zero attached hydrogens (tertiary/aromatic N) is 2. The first-order valence-corrected chi connectivity index (χ1v) is 5.40. The third-order valence-corrected chi connectivity index (χ3v) is 2.57. The fraction of sp³-hybridized carbons (Fsp3) is 0.750. The molecule has 0 aliphatic carbocycles. The molecule has 0 aliphatic heterocycles. The molecule has 0 aliphatic rings. The van der Waals surface area contributed by atoms with Gasteiger partial charge in [0.25, 0.3) is 0 Å². The quantitative estimate of drug-likeness (QED) is 0.547. The average Bonchev–Trinajstić information content (AvgIpc) is 2.57. The molecule has 1 aromatic rings. The highest BCUT2D eigenvalue weighted by molar-refractivity contribution is 7.99. The third kappa shape index (κ3) is 3.76. The molecule has 0 unspecified atom stereocenters. The van der Waals surface area contributed by atoms with Gasteiger partial charge in [0.15, 0.2) is 0 Å². The van der Waals surface area contributed by atoms with E-state index in [4.69, 9.17) is 0 Å². The van der Waals surface area contributed by atoms with Crippen LogP contribution in [0.15, 0.2) is 11.5 Å². The van der Waals surface area contributed by atoms with E-state index < -0.39 is 0 Å². The van der Waals surface area contributed by atoms with Crippen molar-refractivity contribution in [1.29, 1.82) is 0 Å². The number of nitrogens with one attached hydrogen (secondary N) is 1. The van der Waals surface area contributed by atoms with Crippen LogP contribution in [0, 0.1) is 0 Å². The number of unbranched alkanes of at least 4 members (excludes halogenated alkanes) is 3. The summed E-state index contributed by atoms with van der Waals surface area (Å²) in [6.45, 7) is 2.22. The Balaban J connectivity index is 1.96. The maximum Gasteiger partial charge on any atom is 0.208 e. The molecule has 0 saturated carbocycles. The first kappa shape index (κ1) is 9.58. The summed E-state index contributed by atoms with van der Waals surface area (Å²) in [5, 5.41) is 7.53. The Hall–Kier alpha value is -0.510. The maximum absolute atomic E-state index is 4.03. The summed E-state index contributed by atoms with van der Waals surface area (Å²) in [4.78, 5) is 4.03. The molecule has 1 N–H and O–H groups in total. The number of hydrogen-bond acceptors (Lipinski definition) is 3. The zero-order valence-electron chi connectivity index (χ0n) is 7.42. The van der Waals surface area contributed by atoms with E-state index >= 15 is 0 Å². The third-order valence-electron chi connectivity index (χ3n) is 1.62. The fourth-order valence-electron chi connectivity index (χ4n) is 0.959. The van der Waals surface area contributed by atoms with Gasteiger partial charge in [-0.25, -0.2) is 4.98 Å². The van der Waals surface area contributed by atoms with Crippen LogP contribution in [0.5, 0.6) is 0 Å². The van der Waals surface area contributed by atoms with E-state index in [1.165, 1.54) is 25.7 Å². The Morgan fingerprint density at radius 3 is 3.00 bits per heavy atom. The molecular weight excluding hydrogens is 170 g/mol. The molecule has 0 amide bonds. The van der Waals surface area contributed by atoms with Gasteiger partial charge < -0.3 is 0 Å². The van der Waals surface area contributed by atoms with E-state index in [9.17, 15) is 0 Å². The topological polar surface area (TPSA) is 41.6 Å². The van der Waals surface area contributed by atoms with Crippen molar-refractivity contribution in [3.05, 3.63) is 6.33 Å². The number of rotatable bonds is 6. The number of aromatic nitrogens is 3. The molecule has 0 spiro atoms. The predicted octanol–water partition coefficient (Wildman–Crippen LogP) is 2.48. The molecule has 0 bridgehead atoms. The second kappa shape index (κ2) is 6.06. The normalized spacial score (nSPS) is 10.4. The van der Waals surface area contributed by atoms with Gasteiger partial charge in [-0.15, -0.1) is 5.10 Å². The molecule has 1 rings (SSSR count). The lowest BCUT2D eigenvalue weighted by molar-refractivity contribution is 0.706. The van der Waals surface area contributed by atoms with Crippen molar-refractivity contribution in [3.63, 3.8) is 0 Å². The number of hydrogen-bond donors (Lipinski definition) is 1. The minimum Gasteiger partial charge on any atom is -0.265 e. The highest BCUT2D eigenvalue weighted by Gasteiger charge is 1.95. The van der Waals surface area contributed by atoms with Gasteiger partial charge in [-0.1, -0.05) is 37.9 Å². The molecule has 68 valence electrons. The largest absolute Gasteiger partial charge is 0.265 e. The van der Waals surface area contributed by atoms with Crippen LogP contribution in [-0.4, -0.2) is 20.9 Å². The molecular formula is C8H15N3S. The second-order valence-electron chi connectivity index (χ2n) is 2.69. The van der Waals surface area contributed by atoms with Crippen LogP contribution in [0.4, 0.5) is 0 Å². The Morgan fingerprint density at radius 2 is 2.33 bits per heavy atom. The van der Waals surface area contributed by atoms with Gasteiger partial charge in [-0.2, -0.15) is 0 Å². The van der Waals surface area contributed by atoms with Crippen LogP contribution in [0.1, 0.15) is 32.6 Å². The van der Waals surface area contributed by atoms with Crippen LogP contribution in [0.25, 0.3) is 0 Å². The summed E-state index contributed by atoms with van der Waals surface area (Å²) < 4.78 is 0. The van der Waals surface area contributed by atoms with Gasteiger partial charge in [0.05, 0.1) is 0 Å². The van der Waals surface area contributed by atoms with E-state index in [1.807, 2.05) is 0 Å². The van der Waals surface area contributed by atoms with Crippen molar-refractivity contribution in [2.24, 2.45) is 0 Å². The second-order valence-corrected chi connectivity index (χ2v) is 3.75. The van der Waals surface area contributed by atoms with Crippen molar-refractivity contribution >= 4 is 11.8 Å². The Kier molecular flexibility index (Phi) is 4.83. The minimum atomic E-state index is 0.867. The molecule has 1 aromatic heterocycles. The van der Waals surface area contributed by atoms with Gasteiger partial charge in [-0.05, 0) is 6.42 Å². The van der Waals surface area contributed by atoms with Crippen molar-refractivity contribution in [3.8, 4) is 0 Å². The minimum absolute atomic E-state index is 0.867. The van der Waals surface area contributed by atoms with Gasteiger partial charge >= 0.3 is 0 Å². The van der Waals surface area contributed by atoms with Gasteiger partial charge in [0, 0.05) is 5.75 Å². The monoisotopic (exact) mass is 185 g/mol. The van der Waals surface area contributed by atoms with Gasteiger partial charge in [0.2, 0.25) is 5.16 Å². The highest BCUT2D eigenvalue weighted by atomic mass is 32.2. The predicted molar refractivity (Wildman–Crippen MR) is 51.2 cm³/mol. The van der Waals surface area contributed by atoms with Crippen molar-refractivity contribution in [2.75, 3.05) is 5.75 Å². The van der Waals surface area contributed by atoms with Crippen LogP contribution < -0.4 is 0 Å². The van der Waals surface area contributed by atoms with Crippen molar-refractivity contribution in [1.82, 2.24) is 15.2 Å². The zero-order valence-corrected chi connectivity index (χ0v) is 8.23. The van der Waals surface area contributed by atoms with Crippen LogP contribution >= 0.6 is 11.8 Å². The molecule has 1 heterocycles. The number of H-pyrrole nitrogens is 1. The summed E-state index contributed by atoms with van der Waals surface area (Å²) in [7, 11) is 0. The summed E-state index contributed by atoms with van der Waals surface area (Å²) in [5.74, 6) is 1.14. The lowest BCUT2D eigenvalue weighted by Gasteiger charge is -1.95. The molecule has 0 radical (unpaired) electrons. The molecule has 0 fully saturated rings. The summed E-state index contributed by atoms with van der Waals surface area (Å²) in [6.07, 6.45) is 6.86. The van der Waals surface area contributed by atoms with Crippen LogP contribution in [0.3, 0.4) is 0 Å². The van der Waals surface area contributed by atoms with Crippen LogP contribution in [-0.2, 0) is 0 Å². The Bertz CT molecular complexity index is 186. The highest BCUT2D eigenvalue weighted by Crippen LogP contribution is 2.13. The SMILES string of the molecule is CCCCCCSc1nc[nH]n1. The van der Waals surface area contributed by atoms with Crippen molar-refractivity contribution < 1.29 is 0 Å². The molecule has 0 atom stereocenters. The lowest BCUT2D eigenvalue weighted by Crippen LogP contribution is -1.82. The van der Waals surface area contributed by atoms with E-state index in [2.05, 4.69) is 22.1 Å². The van der Waals surface area contributed by atoms with E-state index in [0.29, 0.717) is 0 Å². The average molecular weight is 185 g/mol. The first-order valence-electron chi connectivity index (χ1n) is 4.42. The standard InChI is InChI=1S/C8H15N3S/c1-2-3-4-5-6-12-8-9-7-10-11-8/h7H,2-6H2,1H3,(H,9,10,11). The fourth-order valence-corrected chi connectivity index (χ4v) is 1.73. The molecule has 0 aromatic carbocycles. The lowest BCUT2D eigenvalue weighted by atomic mass is 10.2. The maximum atomic E-state index is 4.03. The van der Waals surface area contributed by atoms with Crippen molar-refractivity contribution in [2.45, 2.75) is 37.8 Å². The van der Waals surface area contributed by atoms with E-state index in [-0.39, 0.29) is 0 Å². The summed E-state index contributed by atoms with van der Waals surface area (Å²) >= 11 is 1.72. The van der Waals surface area contributed by atoms with Crippen LogP contribution in [0.2, 0.25) is 0 Å². The molecule has 3 nitrogen and oxygen atoms in total. The number of thioether (sulfide) groups is 1. The molecule has 0 saturated heterocycles.